The summed E-state index contributed by atoms with van der Waals surface area (Å²) < 4.78 is 0. The van der Waals surface area contributed by atoms with Crippen LogP contribution in [0.25, 0.3) is 0 Å². The first-order valence-electron chi connectivity index (χ1n) is 5.87. The lowest BCUT2D eigenvalue weighted by molar-refractivity contribution is 0.589. The van der Waals surface area contributed by atoms with E-state index in [2.05, 4.69) is 65.7 Å². The van der Waals surface area contributed by atoms with E-state index in [0.29, 0.717) is 0 Å². The number of tetrazole rings is 1. The zero-order chi connectivity index (χ0) is 12.3. The second-order valence-electron chi connectivity index (χ2n) is 5.28. The Morgan fingerprint density at radius 1 is 1.18 bits per heavy atom. The van der Waals surface area contributed by atoms with Gasteiger partial charge in [-0.25, -0.2) is 0 Å². The van der Waals surface area contributed by atoms with E-state index in [-0.39, 0.29) is 5.41 Å². The van der Waals surface area contributed by atoms with E-state index < -0.39 is 0 Å². The van der Waals surface area contributed by atoms with E-state index in [1.165, 1.54) is 11.1 Å². The van der Waals surface area contributed by atoms with Gasteiger partial charge < -0.3 is 0 Å². The zero-order valence-electron chi connectivity index (χ0n) is 10.6. The number of aromatic amines is 1. The number of benzene rings is 1. The number of aromatic nitrogens is 4. The predicted molar refractivity (Wildman–Crippen MR) is 66.7 cm³/mol. The van der Waals surface area contributed by atoms with Gasteiger partial charge in [-0.3, -0.25) is 0 Å². The summed E-state index contributed by atoms with van der Waals surface area (Å²) in [5.74, 6) is 0.770. The highest BCUT2D eigenvalue weighted by atomic mass is 15.5. The van der Waals surface area contributed by atoms with Gasteiger partial charge in [0.15, 0.2) is 5.82 Å². The molecule has 0 amide bonds. The second kappa shape index (κ2) is 4.65. The van der Waals surface area contributed by atoms with Crippen LogP contribution in [0.3, 0.4) is 0 Å². The fourth-order valence-electron chi connectivity index (χ4n) is 1.74. The molecule has 0 unspecified atom stereocenters. The van der Waals surface area contributed by atoms with E-state index in [1.54, 1.807) is 0 Å². The second-order valence-corrected chi connectivity index (χ2v) is 5.28. The van der Waals surface area contributed by atoms with Crippen LogP contribution in [0, 0.1) is 0 Å². The van der Waals surface area contributed by atoms with Crippen molar-refractivity contribution in [1.82, 2.24) is 20.6 Å². The van der Waals surface area contributed by atoms with Gasteiger partial charge in [0, 0.05) is 6.42 Å². The topological polar surface area (TPSA) is 54.5 Å². The van der Waals surface area contributed by atoms with Gasteiger partial charge in [0.1, 0.15) is 0 Å². The van der Waals surface area contributed by atoms with E-state index >= 15 is 0 Å². The summed E-state index contributed by atoms with van der Waals surface area (Å²) in [6.45, 7) is 6.68. The van der Waals surface area contributed by atoms with Crippen LogP contribution in [-0.2, 0) is 18.3 Å². The molecule has 0 saturated heterocycles. The minimum absolute atomic E-state index is 0.197. The maximum absolute atomic E-state index is 3.96. The van der Waals surface area contributed by atoms with Crippen LogP contribution in [0.2, 0.25) is 0 Å². The Labute approximate surface area is 101 Å². The first-order chi connectivity index (χ1) is 8.05. The summed E-state index contributed by atoms with van der Waals surface area (Å²) in [5, 5.41) is 13.9. The molecule has 1 aromatic heterocycles. The summed E-state index contributed by atoms with van der Waals surface area (Å²) >= 11 is 0. The molecular weight excluding hydrogens is 212 g/mol. The molecule has 0 fully saturated rings. The molecule has 0 saturated carbocycles. The molecule has 1 N–H and O–H groups in total. The molecule has 0 spiro atoms. The molecule has 1 aromatic carbocycles. The molecule has 4 nitrogen and oxygen atoms in total. The molecule has 0 bridgehead atoms. The Morgan fingerprint density at radius 2 is 2.00 bits per heavy atom. The molecule has 2 aromatic rings. The molecule has 0 aliphatic carbocycles. The lowest BCUT2D eigenvalue weighted by Gasteiger charge is -2.19. The zero-order valence-corrected chi connectivity index (χ0v) is 10.6. The van der Waals surface area contributed by atoms with Gasteiger partial charge in [0.25, 0.3) is 0 Å². The number of nitrogens with zero attached hydrogens (tertiary/aromatic N) is 3. The van der Waals surface area contributed by atoms with Crippen molar-refractivity contribution in [3.8, 4) is 0 Å². The average Bonchev–Trinajstić information content (AvgIpc) is 2.78. The maximum atomic E-state index is 3.96. The molecule has 90 valence electrons. The van der Waals surface area contributed by atoms with Crippen LogP contribution < -0.4 is 0 Å². The Bertz CT molecular complexity index is 468. The monoisotopic (exact) mass is 230 g/mol. The molecule has 17 heavy (non-hydrogen) atoms. The minimum Gasteiger partial charge on any atom is -0.177 e. The standard InChI is InChI=1S/C13H18N4/c1-13(2,3)11-6-4-5-10(9-11)7-8-12-14-16-17-15-12/h4-6,9H,7-8H2,1-3H3,(H,14,15,16,17). The highest BCUT2D eigenvalue weighted by Gasteiger charge is 2.13. The minimum atomic E-state index is 0.197. The number of hydrogen-bond acceptors (Lipinski definition) is 3. The Kier molecular flexibility index (Phi) is 3.22. The highest BCUT2D eigenvalue weighted by molar-refractivity contribution is 5.28. The van der Waals surface area contributed by atoms with Crippen molar-refractivity contribution in [3.63, 3.8) is 0 Å². The molecule has 0 aliphatic heterocycles. The lowest BCUT2D eigenvalue weighted by atomic mass is 9.86. The van der Waals surface area contributed by atoms with Crippen LogP contribution in [0.1, 0.15) is 37.7 Å². The van der Waals surface area contributed by atoms with Crippen molar-refractivity contribution in [1.29, 1.82) is 0 Å². The van der Waals surface area contributed by atoms with Crippen LogP contribution in [-0.4, -0.2) is 20.6 Å². The van der Waals surface area contributed by atoms with Gasteiger partial charge in [0.05, 0.1) is 0 Å². The van der Waals surface area contributed by atoms with Crippen molar-refractivity contribution in [2.24, 2.45) is 0 Å². The number of aryl methyl sites for hydroxylation is 2. The molecule has 1 heterocycles. The first-order valence-corrected chi connectivity index (χ1v) is 5.87. The van der Waals surface area contributed by atoms with Crippen LogP contribution in [0.15, 0.2) is 24.3 Å². The Morgan fingerprint density at radius 3 is 2.65 bits per heavy atom. The lowest BCUT2D eigenvalue weighted by Crippen LogP contribution is -2.11. The van der Waals surface area contributed by atoms with Crippen molar-refractivity contribution in [3.05, 3.63) is 41.2 Å². The first kappa shape index (κ1) is 11.8. The molecule has 0 radical (unpaired) electrons. The van der Waals surface area contributed by atoms with Gasteiger partial charge >= 0.3 is 0 Å². The summed E-state index contributed by atoms with van der Waals surface area (Å²) in [6, 6.07) is 8.71. The van der Waals surface area contributed by atoms with Crippen LogP contribution >= 0.6 is 0 Å². The summed E-state index contributed by atoms with van der Waals surface area (Å²) in [6.07, 6.45) is 1.77. The maximum Gasteiger partial charge on any atom is 0.174 e. The van der Waals surface area contributed by atoms with Gasteiger partial charge in [-0.05, 0) is 23.0 Å². The molecule has 4 heteroatoms. The number of hydrogen-bond donors (Lipinski definition) is 1. The fraction of sp³-hybridized carbons (Fsp3) is 0.462. The normalized spacial score (nSPS) is 11.7. The SMILES string of the molecule is CC(C)(C)c1cccc(CCc2nn[nH]n2)c1. The molecule has 0 atom stereocenters. The van der Waals surface area contributed by atoms with Gasteiger partial charge in [-0.1, -0.05) is 50.3 Å². The third kappa shape index (κ3) is 3.12. The average molecular weight is 230 g/mol. The van der Waals surface area contributed by atoms with E-state index in [0.717, 1.165) is 18.7 Å². The molecular formula is C13H18N4. The summed E-state index contributed by atoms with van der Waals surface area (Å²) in [7, 11) is 0. The van der Waals surface area contributed by atoms with E-state index in [1.807, 2.05) is 0 Å². The smallest absolute Gasteiger partial charge is 0.174 e. The fourth-order valence-corrected chi connectivity index (χ4v) is 1.74. The van der Waals surface area contributed by atoms with Crippen LogP contribution in [0.5, 0.6) is 0 Å². The number of rotatable bonds is 3. The van der Waals surface area contributed by atoms with E-state index in [9.17, 15) is 0 Å². The van der Waals surface area contributed by atoms with Crippen molar-refractivity contribution < 1.29 is 0 Å². The summed E-state index contributed by atoms with van der Waals surface area (Å²) in [4.78, 5) is 0. The Hall–Kier alpha value is -1.71. The van der Waals surface area contributed by atoms with Crippen LogP contribution in [0.4, 0.5) is 0 Å². The van der Waals surface area contributed by atoms with Crippen molar-refractivity contribution in [2.75, 3.05) is 0 Å². The number of H-pyrrole nitrogens is 1. The van der Waals surface area contributed by atoms with Gasteiger partial charge in [-0.2, -0.15) is 5.21 Å². The molecule has 0 aliphatic rings. The summed E-state index contributed by atoms with van der Waals surface area (Å²) in [5.41, 5.74) is 2.88. The molecule has 2 rings (SSSR count). The van der Waals surface area contributed by atoms with Gasteiger partial charge in [-0.15, -0.1) is 10.2 Å². The Balaban J connectivity index is 2.07. The predicted octanol–water partition coefficient (Wildman–Crippen LogP) is 2.28. The quantitative estimate of drug-likeness (QED) is 0.880. The third-order valence-corrected chi connectivity index (χ3v) is 2.82. The number of nitrogens with one attached hydrogen (secondary N) is 1. The van der Waals surface area contributed by atoms with Crippen molar-refractivity contribution >= 4 is 0 Å². The van der Waals surface area contributed by atoms with Crippen molar-refractivity contribution in [2.45, 2.75) is 39.0 Å². The largest absolute Gasteiger partial charge is 0.177 e. The highest BCUT2D eigenvalue weighted by Crippen LogP contribution is 2.23. The van der Waals surface area contributed by atoms with Gasteiger partial charge in [0.2, 0.25) is 0 Å². The van der Waals surface area contributed by atoms with E-state index in [4.69, 9.17) is 0 Å². The third-order valence-electron chi connectivity index (χ3n) is 2.82.